The molecule has 0 unspecified atom stereocenters. The third-order valence-electron chi connectivity index (χ3n) is 1.96. The van der Waals surface area contributed by atoms with Crippen molar-refractivity contribution in [2.45, 2.75) is 0 Å². The molecule has 7 heteroatoms. The second-order valence-electron chi connectivity index (χ2n) is 3.30. The van der Waals surface area contributed by atoms with Crippen LogP contribution in [0.4, 0.5) is 5.69 Å². The zero-order valence-corrected chi connectivity index (χ0v) is 10.0. The minimum atomic E-state index is -3.45. The molecule has 1 rings (SSSR count). The smallest absolute Gasteiger partial charge is 0.335 e. The molecule has 0 radical (unpaired) electrons. The van der Waals surface area contributed by atoms with Gasteiger partial charge >= 0.3 is 5.97 Å². The quantitative estimate of drug-likeness (QED) is 0.787. The summed E-state index contributed by atoms with van der Waals surface area (Å²) in [5.41, 5.74) is 0.427. The van der Waals surface area contributed by atoms with E-state index in [1.807, 2.05) is 0 Å². The molecule has 0 saturated heterocycles. The number of carboxylic acids is 1. The van der Waals surface area contributed by atoms with Crippen LogP contribution in [-0.2, 0) is 14.8 Å². The second-order valence-corrected chi connectivity index (χ2v) is 5.14. The van der Waals surface area contributed by atoms with Gasteiger partial charge in [-0.3, -0.25) is 4.72 Å². The average molecular weight is 259 g/mol. The van der Waals surface area contributed by atoms with Crippen LogP contribution in [0, 0.1) is 0 Å². The molecular formula is C10H13NO5S. The molecule has 0 heterocycles. The molecule has 0 aliphatic rings. The highest BCUT2D eigenvalue weighted by Gasteiger charge is 2.10. The van der Waals surface area contributed by atoms with Gasteiger partial charge in [0.15, 0.2) is 0 Å². The van der Waals surface area contributed by atoms with Gasteiger partial charge in [0.05, 0.1) is 17.9 Å². The summed E-state index contributed by atoms with van der Waals surface area (Å²) in [7, 11) is -2.04. The van der Waals surface area contributed by atoms with Crippen LogP contribution < -0.4 is 4.72 Å². The summed E-state index contributed by atoms with van der Waals surface area (Å²) in [5.74, 6) is -1.21. The van der Waals surface area contributed by atoms with Crippen LogP contribution in [0.3, 0.4) is 0 Å². The first-order chi connectivity index (χ1) is 7.94. The Kier molecular flexibility index (Phi) is 4.47. The molecule has 1 aromatic carbocycles. The lowest BCUT2D eigenvalue weighted by Gasteiger charge is -2.07. The van der Waals surface area contributed by atoms with Crippen LogP contribution in [0.1, 0.15) is 10.4 Å². The van der Waals surface area contributed by atoms with E-state index >= 15 is 0 Å². The molecule has 0 aliphatic carbocycles. The van der Waals surface area contributed by atoms with Gasteiger partial charge in [-0.1, -0.05) is 0 Å². The fourth-order valence-electron chi connectivity index (χ4n) is 1.10. The highest BCUT2D eigenvalue weighted by atomic mass is 32.2. The summed E-state index contributed by atoms with van der Waals surface area (Å²) in [6.07, 6.45) is 0. The largest absolute Gasteiger partial charge is 0.478 e. The van der Waals surface area contributed by atoms with Crippen molar-refractivity contribution in [3.05, 3.63) is 29.8 Å². The minimum Gasteiger partial charge on any atom is -0.478 e. The van der Waals surface area contributed by atoms with Gasteiger partial charge in [-0.25, -0.2) is 13.2 Å². The zero-order chi connectivity index (χ0) is 12.9. The van der Waals surface area contributed by atoms with Crippen molar-refractivity contribution in [2.24, 2.45) is 0 Å². The number of hydrogen-bond donors (Lipinski definition) is 2. The number of carbonyl (C=O) groups is 1. The molecule has 0 atom stereocenters. The molecule has 6 nitrogen and oxygen atoms in total. The lowest BCUT2D eigenvalue weighted by molar-refractivity contribution is 0.0697. The number of ether oxygens (including phenoxy) is 1. The van der Waals surface area contributed by atoms with Crippen LogP contribution in [0.25, 0.3) is 0 Å². The summed E-state index contributed by atoms with van der Waals surface area (Å²) in [6, 6.07) is 5.45. The molecule has 2 N–H and O–H groups in total. The topological polar surface area (TPSA) is 92.7 Å². The maximum atomic E-state index is 11.5. The van der Waals surface area contributed by atoms with Gasteiger partial charge in [-0.05, 0) is 24.3 Å². The van der Waals surface area contributed by atoms with E-state index < -0.39 is 16.0 Å². The number of methoxy groups -OCH3 is 1. The Morgan fingerprint density at radius 1 is 1.35 bits per heavy atom. The van der Waals surface area contributed by atoms with Gasteiger partial charge in [-0.15, -0.1) is 0 Å². The van der Waals surface area contributed by atoms with Gasteiger partial charge in [0, 0.05) is 12.8 Å². The average Bonchev–Trinajstić information content (AvgIpc) is 2.26. The van der Waals surface area contributed by atoms with Crippen molar-refractivity contribution in [3.63, 3.8) is 0 Å². The Balaban J connectivity index is 2.72. The highest BCUT2D eigenvalue weighted by Crippen LogP contribution is 2.11. The van der Waals surface area contributed by atoms with Crippen LogP contribution >= 0.6 is 0 Å². The van der Waals surface area contributed by atoms with Crippen molar-refractivity contribution >= 4 is 21.7 Å². The molecule has 0 bridgehead atoms. The number of rotatable bonds is 6. The summed E-state index contributed by atoms with van der Waals surface area (Å²) < 4.78 is 29.9. The number of hydrogen-bond acceptors (Lipinski definition) is 4. The molecule has 0 spiro atoms. The first-order valence-electron chi connectivity index (χ1n) is 4.77. The van der Waals surface area contributed by atoms with E-state index in [0.29, 0.717) is 5.69 Å². The Morgan fingerprint density at radius 3 is 2.41 bits per heavy atom. The molecule has 0 saturated carbocycles. The number of benzene rings is 1. The van der Waals surface area contributed by atoms with Crippen LogP contribution in [0.15, 0.2) is 24.3 Å². The summed E-state index contributed by atoms with van der Waals surface area (Å²) >= 11 is 0. The summed E-state index contributed by atoms with van der Waals surface area (Å²) in [4.78, 5) is 10.6. The molecule has 0 fully saturated rings. The third-order valence-corrected chi connectivity index (χ3v) is 3.21. The van der Waals surface area contributed by atoms with Crippen molar-refractivity contribution in [1.82, 2.24) is 0 Å². The normalized spacial score (nSPS) is 11.1. The van der Waals surface area contributed by atoms with E-state index in [1.54, 1.807) is 0 Å². The number of anilines is 1. The van der Waals surface area contributed by atoms with Gasteiger partial charge in [0.25, 0.3) is 0 Å². The molecule has 17 heavy (non-hydrogen) atoms. The maximum Gasteiger partial charge on any atom is 0.335 e. The lowest BCUT2D eigenvalue weighted by atomic mass is 10.2. The predicted molar refractivity (Wildman–Crippen MR) is 62.7 cm³/mol. The van der Waals surface area contributed by atoms with Gasteiger partial charge < -0.3 is 9.84 Å². The van der Waals surface area contributed by atoms with E-state index in [4.69, 9.17) is 5.11 Å². The van der Waals surface area contributed by atoms with Crippen molar-refractivity contribution in [2.75, 3.05) is 24.2 Å². The number of nitrogens with one attached hydrogen (secondary N) is 1. The SMILES string of the molecule is COCCS(=O)(=O)Nc1ccc(C(=O)O)cc1. The number of sulfonamides is 1. The first-order valence-corrected chi connectivity index (χ1v) is 6.42. The van der Waals surface area contributed by atoms with Gasteiger partial charge in [-0.2, -0.15) is 0 Å². The predicted octanol–water partition coefficient (Wildman–Crippen LogP) is 0.773. The Morgan fingerprint density at radius 2 is 1.94 bits per heavy atom. The fourth-order valence-corrected chi connectivity index (χ4v) is 2.09. The van der Waals surface area contributed by atoms with E-state index in [2.05, 4.69) is 9.46 Å². The van der Waals surface area contributed by atoms with Crippen molar-refractivity contribution in [1.29, 1.82) is 0 Å². The third kappa shape index (κ3) is 4.41. The molecule has 0 amide bonds. The van der Waals surface area contributed by atoms with Crippen molar-refractivity contribution in [3.8, 4) is 0 Å². The monoisotopic (exact) mass is 259 g/mol. The Labute approximate surface area is 99.3 Å². The fraction of sp³-hybridized carbons (Fsp3) is 0.300. The van der Waals surface area contributed by atoms with Crippen LogP contribution in [-0.4, -0.2) is 39.0 Å². The Bertz CT molecular complexity index is 480. The number of aromatic carboxylic acids is 1. The summed E-state index contributed by atoms with van der Waals surface area (Å²) in [5, 5.41) is 8.67. The lowest BCUT2D eigenvalue weighted by Crippen LogP contribution is -2.19. The van der Waals surface area contributed by atoms with E-state index in [-0.39, 0.29) is 17.9 Å². The summed E-state index contributed by atoms with van der Waals surface area (Å²) in [6.45, 7) is 0.0997. The van der Waals surface area contributed by atoms with E-state index in [0.717, 1.165) is 0 Å². The number of carboxylic acid groups (broad SMARTS) is 1. The van der Waals surface area contributed by atoms with Crippen LogP contribution in [0.5, 0.6) is 0 Å². The Hall–Kier alpha value is -1.60. The molecule has 0 aliphatic heterocycles. The van der Waals surface area contributed by atoms with E-state index in [1.165, 1.54) is 31.4 Å². The minimum absolute atomic E-state index is 0.0997. The van der Waals surface area contributed by atoms with Crippen molar-refractivity contribution < 1.29 is 23.1 Å². The molecular weight excluding hydrogens is 246 g/mol. The maximum absolute atomic E-state index is 11.5. The first kappa shape index (κ1) is 13.5. The van der Waals surface area contributed by atoms with E-state index in [9.17, 15) is 13.2 Å². The molecule has 94 valence electrons. The molecule has 0 aromatic heterocycles. The second kappa shape index (κ2) is 5.65. The van der Waals surface area contributed by atoms with Gasteiger partial charge in [0.1, 0.15) is 0 Å². The zero-order valence-electron chi connectivity index (χ0n) is 9.21. The van der Waals surface area contributed by atoms with Gasteiger partial charge in [0.2, 0.25) is 10.0 Å². The standard InChI is InChI=1S/C10H13NO5S/c1-16-6-7-17(14,15)11-9-4-2-8(3-5-9)10(12)13/h2-5,11H,6-7H2,1H3,(H,12,13). The van der Waals surface area contributed by atoms with Crippen LogP contribution in [0.2, 0.25) is 0 Å². The highest BCUT2D eigenvalue weighted by molar-refractivity contribution is 7.92. The molecule has 1 aromatic rings.